The van der Waals surface area contributed by atoms with Crippen LogP contribution < -0.4 is 10.1 Å². The summed E-state index contributed by atoms with van der Waals surface area (Å²) < 4.78 is 10.5. The number of para-hydroxylation sites is 2. The van der Waals surface area contributed by atoms with Gasteiger partial charge in [-0.25, -0.2) is 14.6 Å². The molecule has 1 fully saturated rings. The number of carbonyl (C=O) groups is 2. The van der Waals surface area contributed by atoms with Crippen LogP contribution in [0.25, 0.3) is 0 Å². The zero-order valence-electron chi connectivity index (χ0n) is 15.4. The maximum atomic E-state index is 12.8. The van der Waals surface area contributed by atoms with Gasteiger partial charge in [0.2, 0.25) is 0 Å². The lowest BCUT2D eigenvalue weighted by Crippen LogP contribution is -2.36. The summed E-state index contributed by atoms with van der Waals surface area (Å²) in [5, 5.41) is 5.31. The van der Waals surface area contributed by atoms with Crippen LogP contribution in [0.3, 0.4) is 0 Å². The highest BCUT2D eigenvalue weighted by atomic mass is 32.1. The highest BCUT2D eigenvalue weighted by molar-refractivity contribution is 7.09. The first-order chi connectivity index (χ1) is 13.1. The average Bonchev–Trinajstić information content (AvgIpc) is 3.39. The summed E-state index contributed by atoms with van der Waals surface area (Å²) in [7, 11) is 0. The van der Waals surface area contributed by atoms with E-state index in [1.807, 2.05) is 31.2 Å². The monoisotopic (exact) mass is 389 g/mol. The molecule has 2 aromatic rings. The molecule has 8 heteroatoms. The molecular formula is C19H23N3O4S. The van der Waals surface area contributed by atoms with Crippen LogP contribution in [0.2, 0.25) is 0 Å². The van der Waals surface area contributed by atoms with Gasteiger partial charge in [0, 0.05) is 11.4 Å². The second-order valence-corrected chi connectivity index (χ2v) is 7.01. The molecule has 2 amide bonds. The van der Waals surface area contributed by atoms with Gasteiger partial charge in [-0.05, 0) is 38.8 Å². The molecule has 1 aliphatic rings. The molecule has 0 radical (unpaired) electrons. The summed E-state index contributed by atoms with van der Waals surface area (Å²) in [5.41, 5.74) is 0.927. The number of amides is 2. The fraction of sp³-hybridized carbons (Fsp3) is 0.421. The molecule has 1 aromatic heterocycles. The zero-order valence-corrected chi connectivity index (χ0v) is 16.3. The molecule has 144 valence electrons. The topological polar surface area (TPSA) is 80.8 Å². The number of thiazole rings is 1. The van der Waals surface area contributed by atoms with Gasteiger partial charge in [-0.3, -0.25) is 0 Å². The van der Waals surface area contributed by atoms with Gasteiger partial charge in [-0.15, -0.1) is 11.3 Å². The van der Waals surface area contributed by atoms with E-state index in [0.717, 1.165) is 12.8 Å². The van der Waals surface area contributed by atoms with Crippen LogP contribution >= 0.6 is 11.3 Å². The van der Waals surface area contributed by atoms with Crippen molar-refractivity contribution < 1.29 is 19.1 Å². The van der Waals surface area contributed by atoms with E-state index in [9.17, 15) is 9.59 Å². The molecule has 7 nitrogen and oxygen atoms in total. The van der Waals surface area contributed by atoms with Crippen molar-refractivity contribution in [3.05, 3.63) is 40.3 Å². The number of carbonyl (C=O) groups excluding carboxylic acids is 2. The fourth-order valence-corrected chi connectivity index (χ4v) is 3.38. The first kappa shape index (κ1) is 19.2. The molecular weight excluding hydrogens is 366 g/mol. The van der Waals surface area contributed by atoms with E-state index in [1.165, 1.54) is 11.3 Å². The van der Waals surface area contributed by atoms with Crippen LogP contribution in [-0.4, -0.2) is 41.1 Å². The van der Waals surface area contributed by atoms with Gasteiger partial charge in [-0.2, -0.15) is 0 Å². The Morgan fingerprint density at radius 2 is 2.04 bits per heavy atom. The number of esters is 1. The van der Waals surface area contributed by atoms with Gasteiger partial charge in [-0.1, -0.05) is 12.1 Å². The summed E-state index contributed by atoms with van der Waals surface area (Å²) in [6.07, 6.45) is 1.94. The predicted octanol–water partition coefficient (Wildman–Crippen LogP) is 3.92. The quantitative estimate of drug-likeness (QED) is 0.692. The van der Waals surface area contributed by atoms with Crippen molar-refractivity contribution in [2.45, 2.75) is 39.3 Å². The van der Waals surface area contributed by atoms with Crippen molar-refractivity contribution in [3.63, 3.8) is 0 Å². The third-order valence-electron chi connectivity index (χ3n) is 4.02. The van der Waals surface area contributed by atoms with E-state index >= 15 is 0 Å². The molecule has 0 spiro atoms. The van der Waals surface area contributed by atoms with Crippen LogP contribution in [0.4, 0.5) is 10.5 Å². The number of rotatable bonds is 8. The van der Waals surface area contributed by atoms with Gasteiger partial charge in [0.15, 0.2) is 5.69 Å². The number of urea groups is 1. The highest BCUT2D eigenvalue weighted by Gasteiger charge is 2.33. The third-order valence-corrected chi connectivity index (χ3v) is 4.85. The number of nitrogens with zero attached hydrogens (tertiary/aromatic N) is 2. The Kier molecular flexibility index (Phi) is 6.28. The number of ether oxygens (including phenoxy) is 2. The molecule has 1 aliphatic carbocycles. The van der Waals surface area contributed by atoms with E-state index in [1.54, 1.807) is 17.2 Å². The molecule has 3 rings (SSSR count). The Balaban J connectivity index is 1.69. The van der Waals surface area contributed by atoms with Crippen molar-refractivity contribution in [3.8, 4) is 5.75 Å². The Labute approximate surface area is 162 Å². The van der Waals surface area contributed by atoms with Gasteiger partial charge < -0.3 is 19.7 Å². The van der Waals surface area contributed by atoms with Crippen LogP contribution in [0.1, 0.15) is 42.2 Å². The average molecular weight is 389 g/mol. The maximum Gasteiger partial charge on any atom is 0.357 e. The van der Waals surface area contributed by atoms with Gasteiger partial charge in [0.1, 0.15) is 10.8 Å². The summed E-state index contributed by atoms with van der Waals surface area (Å²) in [5.74, 6) is 0.205. The minimum absolute atomic E-state index is 0.194. The molecule has 0 bridgehead atoms. The van der Waals surface area contributed by atoms with Crippen molar-refractivity contribution in [2.75, 3.05) is 18.5 Å². The van der Waals surface area contributed by atoms with E-state index in [-0.39, 0.29) is 17.8 Å². The molecule has 1 N–H and O–H groups in total. The predicted molar refractivity (Wildman–Crippen MR) is 103 cm³/mol. The standard InChI is InChI=1S/C19H23N3O4S/c1-3-25-16-8-6-5-7-14(16)21-19(24)22(13-9-10-13)11-17-20-15(12-27-17)18(23)26-4-2/h5-8,12-13H,3-4,9-11H2,1-2H3,(H,21,24). The largest absolute Gasteiger partial charge is 0.492 e. The lowest BCUT2D eigenvalue weighted by Gasteiger charge is -2.22. The summed E-state index contributed by atoms with van der Waals surface area (Å²) in [4.78, 5) is 30.7. The molecule has 1 saturated carbocycles. The van der Waals surface area contributed by atoms with Crippen LogP contribution in [0.5, 0.6) is 5.75 Å². The molecule has 27 heavy (non-hydrogen) atoms. The lowest BCUT2D eigenvalue weighted by atomic mass is 10.3. The minimum atomic E-state index is -0.437. The van der Waals surface area contributed by atoms with Crippen LogP contribution in [0, 0.1) is 0 Å². The smallest absolute Gasteiger partial charge is 0.357 e. The van der Waals surface area contributed by atoms with E-state index in [0.29, 0.717) is 36.2 Å². The molecule has 0 aliphatic heterocycles. The first-order valence-corrected chi connectivity index (χ1v) is 9.91. The van der Waals surface area contributed by atoms with Gasteiger partial charge in [0.05, 0.1) is 25.4 Å². The second-order valence-electron chi connectivity index (χ2n) is 6.07. The molecule has 1 heterocycles. The molecule has 0 saturated heterocycles. The Hall–Kier alpha value is -2.61. The maximum absolute atomic E-state index is 12.8. The number of hydrogen-bond donors (Lipinski definition) is 1. The SMILES string of the molecule is CCOC(=O)c1csc(CN(C(=O)Nc2ccccc2OCC)C2CC2)n1. The summed E-state index contributed by atoms with van der Waals surface area (Å²) in [6.45, 7) is 4.84. The van der Waals surface area contributed by atoms with Crippen molar-refractivity contribution >= 4 is 29.0 Å². The van der Waals surface area contributed by atoms with Gasteiger partial charge >= 0.3 is 12.0 Å². The molecule has 0 atom stereocenters. The number of aromatic nitrogens is 1. The van der Waals surface area contributed by atoms with Crippen molar-refractivity contribution in [1.29, 1.82) is 0 Å². The zero-order chi connectivity index (χ0) is 19.2. The van der Waals surface area contributed by atoms with Gasteiger partial charge in [0.25, 0.3) is 0 Å². The molecule has 1 aromatic carbocycles. The number of hydrogen-bond acceptors (Lipinski definition) is 6. The normalized spacial score (nSPS) is 13.1. The van der Waals surface area contributed by atoms with Crippen LogP contribution in [-0.2, 0) is 11.3 Å². The number of benzene rings is 1. The van der Waals surface area contributed by atoms with Crippen molar-refractivity contribution in [2.24, 2.45) is 0 Å². The number of anilines is 1. The van der Waals surface area contributed by atoms with Crippen molar-refractivity contribution in [1.82, 2.24) is 9.88 Å². The fourth-order valence-electron chi connectivity index (χ4n) is 2.62. The lowest BCUT2D eigenvalue weighted by molar-refractivity contribution is 0.0520. The summed E-state index contributed by atoms with van der Waals surface area (Å²) in [6, 6.07) is 7.36. The number of nitrogens with one attached hydrogen (secondary N) is 1. The second kappa shape index (κ2) is 8.85. The highest BCUT2D eigenvalue weighted by Crippen LogP contribution is 2.31. The Morgan fingerprint density at radius 3 is 2.74 bits per heavy atom. The molecule has 0 unspecified atom stereocenters. The Bertz CT molecular complexity index is 804. The van der Waals surface area contributed by atoms with E-state index < -0.39 is 5.97 Å². The minimum Gasteiger partial charge on any atom is -0.492 e. The Morgan fingerprint density at radius 1 is 1.26 bits per heavy atom. The summed E-state index contributed by atoms with van der Waals surface area (Å²) >= 11 is 1.35. The van der Waals surface area contributed by atoms with Crippen LogP contribution in [0.15, 0.2) is 29.6 Å². The first-order valence-electron chi connectivity index (χ1n) is 9.03. The van der Waals surface area contributed by atoms with E-state index in [2.05, 4.69) is 10.3 Å². The third kappa shape index (κ3) is 4.97. The van der Waals surface area contributed by atoms with E-state index in [4.69, 9.17) is 9.47 Å².